The molecule has 1 unspecified atom stereocenters. The van der Waals surface area contributed by atoms with E-state index in [1.54, 1.807) is 0 Å². The van der Waals surface area contributed by atoms with Crippen LogP contribution in [0.5, 0.6) is 0 Å². The second-order valence-corrected chi connectivity index (χ2v) is 4.70. The number of likely N-dealkylation sites (tertiary alicyclic amines) is 1. The largest absolute Gasteiger partial charge is 0.481 e. The van der Waals surface area contributed by atoms with Crippen LogP contribution in [0.3, 0.4) is 0 Å². The number of carbonyl (C=O) groups is 1. The molecule has 1 aliphatic rings. The fourth-order valence-electron chi connectivity index (χ4n) is 2.08. The van der Waals surface area contributed by atoms with Crippen molar-refractivity contribution >= 4 is 17.6 Å². The maximum atomic E-state index is 13.1. The van der Waals surface area contributed by atoms with Gasteiger partial charge in [0.05, 0.1) is 5.92 Å². The lowest BCUT2D eigenvalue weighted by atomic mass is 10.1. The molecule has 92 valence electrons. The highest BCUT2D eigenvalue weighted by molar-refractivity contribution is 6.31. The maximum absolute atomic E-state index is 13.1. The van der Waals surface area contributed by atoms with Crippen LogP contribution in [0, 0.1) is 11.7 Å². The lowest BCUT2D eigenvalue weighted by molar-refractivity contribution is -0.141. The van der Waals surface area contributed by atoms with E-state index in [0.717, 1.165) is 0 Å². The van der Waals surface area contributed by atoms with Gasteiger partial charge in [-0.3, -0.25) is 9.69 Å². The molecule has 1 saturated heterocycles. The average Bonchev–Trinajstić information content (AvgIpc) is 2.72. The first kappa shape index (κ1) is 12.3. The van der Waals surface area contributed by atoms with Crippen LogP contribution in [-0.4, -0.2) is 29.1 Å². The summed E-state index contributed by atoms with van der Waals surface area (Å²) >= 11 is 5.96. The van der Waals surface area contributed by atoms with Crippen LogP contribution in [0.15, 0.2) is 18.2 Å². The molecule has 0 bridgehead atoms. The van der Waals surface area contributed by atoms with Gasteiger partial charge < -0.3 is 5.11 Å². The van der Waals surface area contributed by atoms with Crippen molar-refractivity contribution in [3.8, 4) is 0 Å². The van der Waals surface area contributed by atoms with E-state index < -0.39 is 5.97 Å². The van der Waals surface area contributed by atoms with E-state index in [1.165, 1.54) is 18.2 Å². The van der Waals surface area contributed by atoms with Gasteiger partial charge in [0.25, 0.3) is 0 Å². The number of halogens is 2. The van der Waals surface area contributed by atoms with E-state index in [0.29, 0.717) is 36.6 Å². The average molecular weight is 258 g/mol. The molecule has 1 heterocycles. The predicted molar refractivity (Wildman–Crippen MR) is 62.4 cm³/mol. The van der Waals surface area contributed by atoms with Gasteiger partial charge in [0.15, 0.2) is 0 Å². The summed E-state index contributed by atoms with van der Waals surface area (Å²) in [5.41, 5.74) is 0.706. The molecule has 1 N–H and O–H groups in total. The van der Waals surface area contributed by atoms with Gasteiger partial charge in [0, 0.05) is 18.1 Å². The highest BCUT2D eigenvalue weighted by atomic mass is 35.5. The van der Waals surface area contributed by atoms with Crippen LogP contribution in [0.1, 0.15) is 12.0 Å². The molecule has 2 rings (SSSR count). The molecule has 0 aliphatic carbocycles. The Morgan fingerprint density at radius 2 is 2.35 bits per heavy atom. The summed E-state index contributed by atoms with van der Waals surface area (Å²) in [6, 6.07) is 4.24. The number of nitrogens with zero attached hydrogens (tertiary/aromatic N) is 1. The molecule has 1 aromatic carbocycles. The van der Waals surface area contributed by atoms with Crippen LogP contribution in [-0.2, 0) is 11.3 Å². The van der Waals surface area contributed by atoms with Gasteiger partial charge in [-0.1, -0.05) is 11.6 Å². The molecular formula is C12H13ClFNO2. The summed E-state index contributed by atoms with van der Waals surface area (Å²) in [6.07, 6.45) is 0.641. The van der Waals surface area contributed by atoms with Crippen LogP contribution < -0.4 is 0 Å². The van der Waals surface area contributed by atoms with Crippen LogP contribution in [0.2, 0.25) is 5.02 Å². The minimum Gasteiger partial charge on any atom is -0.481 e. The normalized spacial score (nSPS) is 20.7. The van der Waals surface area contributed by atoms with Gasteiger partial charge in [0.1, 0.15) is 5.82 Å². The van der Waals surface area contributed by atoms with E-state index in [4.69, 9.17) is 16.7 Å². The highest BCUT2D eigenvalue weighted by Gasteiger charge is 2.28. The molecule has 1 aliphatic heterocycles. The van der Waals surface area contributed by atoms with Crippen molar-refractivity contribution < 1.29 is 14.3 Å². The molecule has 0 radical (unpaired) electrons. The first-order valence-electron chi connectivity index (χ1n) is 5.45. The van der Waals surface area contributed by atoms with Crippen LogP contribution in [0.25, 0.3) is 0 Å². The van der Waals surface area contributed by atoms with E-state index in [1.807, 2.05) is 4.90 Å². The number of rotatable bonds is 3. The van der Waals surface area contributed by atoms with Crippen molar-refractivity contribution in [3.63, 3.8) is 0 Å². The first-order valence-corrected chi connectivity index (χ1v) is 5.83. The van der Waals surface area contributed by atoms with Gasteiger partial charge in [0.2, 0.25) is 0 Å². The molecule has 1 fully saturated rings. The number of benzene rings is 1. The first-order chi connectivity index (χ1) is 8.06. The molecule has 0 aromatic heterocycles. The van der Waals surface area contributed by atoms with Gasteiger partial charge in [-0.05, 0) is 36.7 Å². The Morgan fingerprint density at radius 3 is 3.00 bits per heavy atom. The van der Waals surface area contributed by atoms with E-state index in [-0.39, 0.29) is 11.7 Å². The van der Waals surface area contributed by atoms with E-state index >= 15 is 0 Å². The Hall–Kier alpha value is -1.13. The predicted octanol–water partition coefficient (Wildman–Crippen LogP) is 2.39. The molecule has 3 nitrogen and oxygen atoms in total. The van der Waals surface area contributed by atoms with E-state index in [9.17, 15) is 9.18 Å². The SMILES string of the molecule is O=C(O)C1CCN(Cc2cc(F)ccc2Cl)C1. The van der Waals surface area contributed by atoms with Crippen molar-refractivity contribution in [3.05, 3.63) is 34.6 Å². The third kappa shape index (κ3) is 2.96. The number of hydrogen-bond acceptors (Lipinski definition) is 2. The maximum Gasteiger partial charge on any atom is 0.307 e. The number of carboxylic acids is 1. The summed E-state index contributed by atoms with van der Waals surface area (Å²) in [6.45, 7) is 1.71. The summed E-state index contributed by atoms with van der Waals surface area (Å²) in [5.74, 6) is -1.40. The Morgan fingerprint density at radius 1 is 1.59 bits per heavy atom. The zero-order valence-electron chi connectivity index (χ0n) is 9.20. The molecular weight excluding hydrogens is 245 g/mol. The second kappa shape index (κ2) is 5.02. The molecule has 5 heteroatoms. The summed E-state index contributed by atoms with van der Waals surface area (Å²) in [5, 5.41) is 9.40. The van der Waals surface area contributed by atoms with Gasteiger partial charge in [-0.15, -0.1) is 0 Å². The minimum absolute atomic E-state index is 0.317. The topological polar surface area (TPSA) is 40.5 Å². The smallest absolute Gasteiger partial charge is 0.307 e. The third-order valence-electron chi connectivity index (χ3n) is 3.02. The lowest BCUT2D eigenvalue weighted by Gasteiger charge is -2.16. The fraction of sp³-hybridized carbons (Fsp3) is 0.417. The zero-order valence-corrected chi connectivity index (χ0v) is 9.95. The molecule has 1 aromatic rings. The Labute approximate surface area is 104 Å². The zero-order chi connectivity index (χ0) is 12.4. The minimum atomic E-state index is -0.766. The Kier molecular flexibility index (Phi) is 3.64. The van der Waals surface area contributed by atoms with Crippen molar-refractivity contribution in [2.75, 3.05) is 13.1 Å². The van der Waals surface area contributed by atoms with Crippen molar-refractivity contribution in [1.29, 1.82) is 0 Å². The van der Waals surface area contributed by atoms with E-state index in [2.05, 4.69) is 0 Å². The number of hydrogen-bond donors (Lipinski definition) is 1. The lowest BCUT2D eigenvalue weighted by Crippen LogP contribution is -2.23. The van der Waals surface area contributed by atoms with Gasteiger partial charge >= 0.3 is 5.97 Å². The summed E-state index contributed by atoms with van der Waals surface area (Å²) in [4.78, 5) is 12.8. The van der Waals surface area contributed by atoms with Crippen molar-refractivity contribution in [2.24, 2.45) is 5.92 Å². The molecule has 17 heavy (non-hydrogen) atoms. The molecule has 0 spiro atoms. The molecule has 1 atom stereocenters. The summed E-state index contributed by atoms with van der Waals surface area (Å²) in [7, 11) is 0. The highest BCUT2D eigenvalue weighted by Crippen LogP contribution is 2.23. The fourth-order valence-corrected chi connectivity index (χ4v) is 2.26. The van der Waals surface area contributed by atoms with Gasteiger partial charge in [-0.25, -0.2) is 4.39 Å². The summed E-state index contributed by atoms with van der Waals surface area (Å²) < 4.78 is 13.1. The second-order valence-electron chi connectivity index (χ2n) is 4.29. The quantitative estimate of drug-likeness (QED) is 0.904. The number of aliphatic carboxylic acids is 1. The Balaban J connectivity index is 2.02. The standard InChI is InChI=1S/C12H13ClFNO2/c13-11-2-1-10(14)5-9(11)7-15-4-3-8(6-15)12(16)17/h1-2,5,8H,3-4,6-7H2,(H,16,17). The Bertz CT molecular complexity index is 439. The van der Waals surface area contributed by atoms with Crippen molar-refractivity contribution in [2.45, 2.75) is 13.0 Å². The third-order valence-corrected chi connectivity index (χ3v) is 3.39. The molecule has 0 saturated carbocycles. The number of carboxylic acid groups (broad SMARTS) is 1. The molecule has 0 amide bonds. The van der Waals surface area contributed by atoms with Gasteiger partial charge in [-0.2, -0.15) is 0 Å². The van der Waals surface area contributed by atoms with Crippen LogP contribution >= 0.6 is 11.6 Å². The van der Waals surface area contributed by atoms with Crippen molar-refractivity contribution in [1.82, 2.24) is 4.90 Å². The van der Waals surface area contributed by atoms with Crippen LogP contribution in [0.4, 0.5) is 4.39 Å². The monoisotopic (exact) mass is 257 g/mol.